The molecule has 2 atom stereocenters. The van der Waals surface area contributed by atoms with Crippen molar-refractivity contribution in [3.63, 3.8) is 0 Å². The van der Waals surface area contributed by atoms with Crippen molar-refractivity contribution in [1.29, 1.82) is 0 Å². The molecule has 2 aliphatic rings. The van der Waals surface area contributed by atoms with Gasteiger partial charge >= 0.3 is 0 Å². The largest absolute Gasteiger partial charge is 0.342 e. The van der Waals surface area contributed by atoms with Gasteiger partial charge in [-0.2, -0.15) is 0 Å². The van der Waals surface area contributed by atoms with E-state index in [1.54, 1.807) is 0 Å². The molecule has 0 radical (unpaired) electrons. The lowest BCUT2D eigenvalue weighted by Gasteiger charge is -2.39. The summed E-state index contributed by atoms with van der Waals surface area (Å²) < 4.78 is 0. The molecule has 0 bridgehead atoms. The highest BCUT2D eigenvalue weighted by Crippen LogP contribution is 2.26. The number of carbonyl (C=O) groups excluding carboxylic acids is 2. The first-order valence-corrected chi connectivity index (χ1v) is 8.46. The molecule has 2 heterocycles. The summed E-state index contributed by atoms with van der Waals surface area (Å²) in [6.07, 6.45) is 2.89. The smallest absolute Gasteiger partial charge is 0.225 e. The second kappa shape index (κ2) is 6.80. The van der Waals surface area contributed by atoms with Gasteiger partial charge in [0.2, 0.25) is 11.8 Å². The molecule has 0 spiro atoms. The molecule has 120 valence electrons. The van der Waals surface area contributed by atoms with Crippen molar-refractivity contribution in [1.82, 2.24) is 9.80 Å². The van der Waals surface area contributed by atoms with Gasteiger partial charge in [0, 0.05) is 38.0 Å². The summed E-state index contributed by atoms with van der Waals surface area (Å²) in [6.45, 7) is 11.7. The summed E-state index contributed by atoms with van der Waals surface area (Å²) in [5.41, 5.74) is 0. The van der Waals surface area contributed by atoms with Gasteiger partial charge in [-0.3, -0.25) is 9.59 Å². The Morgan fingerprint density at radius 1 is 0.952 bits per heavy atom. The minimum Gasteiger partial charge on any atom is -0.342 e. The standard InChI is InChI=1S/C17H30N2O2/c1-12(2)16(20)18-7-5-15(6-8-18)17(21)19-10-13(3)9-14(4)11-19/h12-15H,5-11H2,1-4H3. The molecular formula is C17H30N2O2. The number of amides is 2. The Kier molecular flexibility index (Phi) is 5.28. The monoisotopic (exact) mass is 294 g/mol. The summed E-state index contributed by atoms with van der Waals surface area (Å²) in [7, 11) is 0. The Morgan fingerprint density at radius 3 is 1.95 bits per heavy atom. The van der Waals surface area contributed by atoms with Crippen LogP contribution in [0.3, 0.4) is 0 Å². The third-order valence-corrected chi connectivity index (χ3v) is 4.83. The maximum atomic E-state index is 12.7. The summed E-state index contributed by atoms with van der Waals surface area (Å²) in [4.78, 5) is 28.7. The average Bonchev–Trinajstić information content (AvgIpc) is 2.44. The van der Waals surface area contributed by atoms with Crippen LogP contribution in [0.4, 0.5) is 0 Å². The van der Waals surface area contributed by atoms with Crippen LogP contribution in [-0.2, 0) is 9.59 Å². The Morgan fingerprint density at radius 2 is 1.48 bits per heavy atom. The van der Waals surface area contributed by atoms with E-state index in [1.165, 1.54) is 6.42 Å². The van der Waals surface area contributed by atoms with Crippen LogP contribution < -0.4 is 0 Å². The van der Waals surface area contributed by atoms with Crippen LogP contribution in [0, 0.1) is 23.7 Å². The summed E-state index contributed by atoms with van der Waals surface area (Å²) in [5.74, 6) is 1.95. The molecule has 0 saturated carbocycles. The summed E-state index contributed by atoms with van der Waals surface area (Å²) in [6, 6.07) is 0. The quantitative estimate of drug-likeness (QED) is 0.784. The molecule has 2 unspecified atom stereocenters. The van der Waals surface area contributed by atoms with E-state index in [9.17, 15) is 9.59 Å². The Hall–Kier alpha value is -1.06. The van der Waals surface area contributed by atoms with Gasteiger partial charge in [0.15, 0.2) is 0 Å². The molecule has 4 heteroatoms. The minimum atomic E-state index is 0.0565. The highest BCUT2D eigenvalue weighted by Gasteiger charge is 2.33. The number of hydrogen-bond acceptors (Lipinski definition) is 2. The van der Waals surface area contributed by atoms with Crippen LogP contribution >= 0.6 is 0 Å². The number of hydrogen-bond donors (Lipinski definition) is 0. The SMILES string of the molecule is CC1CC(C)CN(C(=O)C2CCN(C(=O)C(C)C)CC2)C1. The zero-order valence-electron chi connectivity index (χ0n) is 14.0. The third kappa shape index (κ3) is 3.98. The molecule has 2 amide bonds. The second-order valence-corrected chi connectivity index (χ2v) is 7.44. The van der Waals surface area contributed by atoms with E-state index in [1.807, 2.05) is 18.7 Å². The van der Waals surface area contributed by atoms with Crippen molar-refractivity contribution in [3.8, 4) is 0 Å². The van der Waals surface area contributed by atoms with Gasteiger partial charge in [0.1, 0.15) is 0 Å². The highest BCUT2D eigenvalue weighted by molar-refractivity contribution is 5.81. The Labute approximate surface area is 128 Å². The van der Waals surface area contributed by atoms with Gasteiger partial charge in [-0.25, -0.2) is 0 Å². The molecule has 2 rings (SSSR count). The normalized spacial score (nSPS) is 28.0. The molecule has 2 fully saturated rings. The molecule has 2 saturated heterocycles. The molecule has 0 N–H and O–H groups in total. The van der Waals surface area contributed by atoms with Crippen LogP contribution in [0.1, 0.15) is 47.0 Å². The van der Waals surface area contributed by atoms with E-state index in [-0.39, 0.29) is 17.7 Å². The second-order valence-electron chi connectivity index (χ2n) is 7.44. The Bertz CT molecular complexity index is 376. The van der Waals surface area contributed by atoms with Gasteiger partial charge in [0.25, 0.3) is 0 Å². The highest BCUT2D eigenvalue weighted by atomic mass is 16.2. The predicted molar refractivity (Wildman–Crippen MR) is 83.7 cm³/mol. The van der Waals surface area contributed by atoms with Crippen molar-refractivity contribution in [3.05, 3.63) is 0 Å². The van der Waals surface area contributed by atoms with E-state index in [4.69, 9.17) is 0 Å². The van der Waals surface area contributed by atoms with Gasteiger partial charge in [-0.15, -0.1) is 0 Å². The first kappa shape index (κ1) is 16.3. The number of piperidine rings is 2. The topological polar surface area (TPSA) is 40.6 Å². The van der Waals surface area contributed by atoms with Gasteiger partial charge < -0.3 is 9.80 Å². The average molecular weight is 294 g/mol. The number of rotatable bonds is 2. The van der Waals surface area contributed by atoms with Crippen LogP contribution in [0.2, 0.25) is 0 Å². The maximum Gasteiger partial charge on any atom is 0.225 e. The van der Waals surface area contributed by atoms with E-state index >= 15 is 0 Å². The zero-order chi connectivity index (χ0) is 15.6. The lowest BCUT2D eigenvalue weighted by Crippen LogP contribution is -2.49. The fourth-order valence-electron chi connectivity index (χ4n) is 3.81. The van der Waals surface area contributed by atoms with E-state index in [0.29, 0.717) is 17.7 Å². The maximum absolute atomic E-state index is 12.7. The summed E-state index contributed by atoms with van der Waals surface area (Å²) in [5, 5.41) is 0. The van der Waals surface area contributed by atoms with Gasteiger partial charge in [-0.1, -0.05) is 27.7 Å². The number of nitrogens with zero attached hydrogens (tertiary/aromatic N) is 2. The van der Waals surface area contributed by atoms with Crippen LogP contribution in [0.5, 0.6) is 0 Å². The molecule has 0 aromatic rings. The molecule has 4 nitrogen and oxygen atoms in total. The van der Waals surface area contributed by atoms with Crippen molar-refractivity contribution >= 4 is 11.8 Å². The fourth-order valence-corrected chi connectivity index (χ4v) is 3.81. The van der Waals surface area contributed by atoms with Crippen molar-refractivity contribution in [2.24, 2.45) is 23.7 Å². The van der Waals surface area contributed by atoms with Crippen LogP contribution in [-0.4, -0.2) is 47.8 Å². The molecule has 21 heavy (non-hydrogen) atoms. The minimum absolute atomic E-state index is 0.0565. The third-order valence-electron chi connectivity index (χ3n) is 4.83. The first-order chi connectivity index (χ1) is 9.88. The first-order valence-electron chi connectivity index (χ1n) is 8.46. The molecular weight excluding hydrogens is 264 g/mol. The van der Waals surface area contributed by atoms with E-state index < -0.39 is 0 Å². The molecule has 0 aromatic carbocycles. The lowest BCUT2D eigenvalue weighted by molar-refractivity contribution is -0.143. The zero-order valence-corrected chi connectivity index (χ0v) is 14.0. The predicted octanol–water partition coefficient (Wildman–Crippen LogP) is 2.39. The lowest BCUT2D eigenvalue weighted by atomic mass is 9.89. The van der Waals surface area contributed by atoms with Crippen LogP contribution in [0.15, 0.2) is 0 Å². The van der Waals surface area contributed by atoms with Crippen molar-refractivity contribution in [2.45, 2.75) is 47.0 Å². The number of likely N-dealkylation sites (tertiary alicyclic amines) is 2. The number of carbonyl (C=O) groups is 2. The van der Waals surface area contributed by atoms with Gasteiger partial charge in [-0.05, 0) is 31.1 Å². The van der Waals surface area contributed by atoms with Crippen LogP contribution in [0.25, 0.3) is 0 Å². The van der Waals surface area contributed by atoms with E-state index in [2.05, 4.69) is 18.7 Å². The Balaban J connectivity index is 1.87. The molecule has 0 aromatic heterocycles. The summed E-state index contributed by atoms with van der Waals surface area (Å²) >= 11 is 0. The van der Waals surface area contributed by atoms with Gasteiger partial charge in [0.05, 0.1) is 0 Å². The van der Waals surface area contributed by atoms with Crippen molar-refractivity contribution in [2.75, 3.05) is 26.2 Å². The van der Waals surface area contributed by atoms with E-state index in [0.717, 1.165) is 39.0 Å². The molecule has 0 aliphatic carbocycles. The molecule has 2 aliphatic heterocycles. The fraction of sp³-hybridized carbons (Fsp3) is 0.882. The van der Waals surface area contributed by atoms with Crippen molar-refractivity contribution < 1.29 is 9.59 Å².